The van der Waals surface area contributed by atoms with Crippen LogP contribution in [0.15, 0.2) is 0 Å². The topological polar surface area (TPSA) is 66.8 Å². The quantitative estimate of drug-likeness (QED) is 0.862. The Morgan fingerprint density at radius 3 is 2.53 bits per heavy atom. The smallest absolute Gasteiger partial charge is 0.411 e. The second kappa shape index (κ2) is 6.50. The molecule has 1 fully saturated rings. The average molecular weight is 289 g/mol. The summed E-state index contributed by atoms with van der Waals surface area (Å²) in [5.41, 5.74) is -0.608. The van der Waals surface area contributed by atoms with E-state index >= 15 is 0 Å². The lowest BCUT2D eigenvalue weighted by molar-refractivity contribution is -0.142. The minimum Gasteiger partial charge on any atom is -0.480 e. The number of hydrogen-bond donors (Lipinski definition) is 1. The first kappa shape index (κ1) is 16.1. The molecule has 5 nitrogen and oxygen atoms in total. The fraction of sp³-hybridized carbons (Fsp3) is 0.846. The van der Waals surface area contributed by atoms with Crippen LogP contribution in [0.2, 0.25) is 0 Å². The van der Waals surface area contributed by atoms with Crippen LogP contribution in [0.4, 0.5) is 4.79 Å². The van der Waals surface area contributed by atoms with Gasteiger partial charge in [0.1, 0.15) is 11.6 Å². The normalized spacial score (nSPS) is 23.5. The summed E-state index contributed by atoms with van der Waals surface area (Å²) < 4.78 is 5.32. The molecule has 1 amide bonds. The molecule has 0 aliphatic carbocycles. The summed E-state index contributed by atoms with van der Waals surface area (Å²) in [5.74, 6) is -0.527. The van der Waals surface area contributed by atoms with Gasteiger partial charge in [-0.25, -0.2) is 9.59 Å². The van der Waals surface area contributed by atoms with E-state index in [0.717, 1.165) is 19.3 Å². The summed E-state index contributed by atoms with van der Waals surface area (Å²) in [6.45, 7) is 7.42. The third kappa shape index (κ3) is 4.60. The molecule has 0 aromatic carbocycles. The van der Waals surface area contributed by atoms with E-state index in [4.69, 9.17) is 4.74 Å². The van der Waals surface area contributed by atoms with Gasteiger partial charge >= 0.3 is 12.1 Å². The van der Waals surface area contributed by atoms with Crippen molar-refractivity contribution < 1.29 is 19.4 Å². The number of hydrogen-bond acceptors (Lipinski definition) is 4. The van der Waals surface area contributed by atoms with Gasteiger partial charge in [0, 0.05) is 5.75 Å². The first-order valence-corrected chi connectivity index (χ1v) is 7.67. The Balaban J connectivity index is 2.79. The summed E-state index contributed by atoms with van der Waals surface area (Å²) in [6, 6.07) is -0.776. The maximum Gasteiger partial charge on any atom is 0.411 e. The third-order valence-electron chi connectivity index (χ3n) is 2.79. The van der Waals surface area contributed by atoms with Crippen LogP contribution < -0.4 is 0 Å². The molecule has 0 radical (unpaired) electrons. The van der Waals surface area contributed by atoms with Crippen molar-refractivity contribution in [3.8, 4) is 0 Å². The van der Waals surface area contributed by atoms with E-state index < -0.39 is 23.7 Å². The molecule has 1 saturated heterocycles. The van der Waals surface area contributed by atoms with Crippen molar-refractivity contribution in [2.45, 2.75) is 64.0 Å². The molecule has 110 valence electrons. The lowest BCUT2D eigenvalue weighted by Crippen LogP contribution is -2.47. The third-order valence-corrected chi connectivity index (χ3v) is 4.14. The van der Waals surface area contributed by atoms with Crippen LogP contribution in [0, 0.1) is 0 Å². The van der Waals surface area contributed by atoms with Crippen LogP contribution in [0.1, 0.15) is 47.0 Å². The highest BCUT2D eigenvalue weighted by Gasteiger charge is 2.43. The maximum atomic E-state index is 12.2. The van der Waals surface area contributed by atoms with Crippen molar-refractivity contribution in [1.82, 2.24) is 4.90 Å². The molecule has 1 heterocycles. The molecule has 0 spiro atoms. The minimum atomic E-state index is -0.961. The van der Waals surface area contributed by atoms with Gasteiger partial charge in [-0.05, 0) is 27.2 Å². The van der Waals surface area contributed by atoms with E-state index in [0.29, 0.717) is 5.75 Å². The number of rotatable bonds is 4. The molecule has 2 atom stereocenters. The van der Waals surface area contributed by atoms with Crippen LogP contribution in [0.5, 0.6) is 0 Å². The van der Waals surface area contributed by atoms with E-state index in [1.807, 2.05) is 0 Å². The summed E-state index contributed by atoms with van der Waals surface area (Å²) in [4.78, 5) is 24.8. The fourth-order valence-electron chi connectivity index (χ4n) is 1.91. The van der Waals surface area contributed by atoms with E-state index in [2.05, 4.69) is 6.92 Å². The number of carbonyl (C=O) groups is 2. The van der Waals surface area contributed by atoms with Crippen molar-refractivity contribution in [3.63, 3.8) is 0 Å². The molecule has 1 N–H and O–H groups in total. The van der Waals surface area contributed by atoms with Gasteiger partial charge in [-0.3, -0.25) is 4.90 Å². The van der Waals surface area contributed by atoms with Gasteiger partial charge in [0.15, 0.2) is 0 Å². The number of nitrogens with zero attached hydrogens (tertiary/aromatic N) is 1. The Kier molecular flexibility index (Phi) is 5.52. The molecule has 0 bridgehead atoms. The fourth-order valence-corrected chi connectivity index (χ4v) is 3.35. The standard InChI is InChI=1S/C13H23NO4S/c1-5-6-7-10-14(9(8-19-10)11(15)16)12(17)18-13(2,3)4/h9-10H,5-8H2,1-4H3,(H,15,16)/t9-,10+/m0/s1. The Hall–Kier alpha value is -0.910. The average Bonchev–Trinajstić information content (AvgIpc) is 2.67. The summed E-state index contributed by atoms with van der Waals surface area (Å²) >= 11 is 1.53. The first-order chi connectivity index (χ1) is 8.76. The molecule has 1 rings (SSSR count). The van der Waals surface area contributed by atoms with Gasteiger partial charge in [0.2, 0.25) is 0 Å². The number of unbranched alkanes of at least 4 members (excludes halogenated alkanes) is 1. The highest BCUT2D eigenvalue weighted by molar-refractivity contribution is 8.00. The molecule has 1 aliphatic heterocycles. The molecule has 6 heteroatoms. The molecule has 19 heavy (non-hydrogen) atoms. The molecular formula is C13H23NO4S. The number of aliphatic carboxylic acids is 1. The van der Waals surface area contributed by atoms with Crippen molar-refractivity contribution in [2.75, 3.05) is 5.75 Å². The van der Waals surface area contributed by atoms with Gasteiger partial charge in [-0.2, -0.15) is 0 Å². The van der Waals surface area contributed by atoms with Crippen molar-refractivity contribution in [1.29, 1.82) is 0 Å². The minimum absolute atomic E-state index is 0.0871. The van der Waals surface area contributed by atoms with Crippen molar-refractivity contribution in [3.05, 3.63) is 0 Å². The van der Waals surface area contributed by atoms with Gasteiger partial charge in [0.05, 0.1) is 5.37 Å². The predicted molar refractivity (Wildman–Crippen MR) is 75.3 cm³/mol. The van der Waals surface area contributed by atoms with Gasteiger partial charge in [-0.15, -0.1) is 11.8 Å². The lowest BCUT2D eigenvalue weighted by Gasteiger charge is -2.30. The Labute approximate surface area is 118 Å². The number of amides is 1. The summed E-state index contributed by atoms with van der Waals surface area (Å²) in [5, 5.41) is 9.12. The van der Waals surface area contributed by atoms with E-state index in [-0.39, 0.29) is 5.37 Å². The maximum absolute atomic E-state index is 12.2. The monoisotopic (exact) mass is 289 g/mol. The number of thioether (sulfide) groups is 1. The second-order valence-corrected chi connectivity index (χ2v) is 6.88. The van der Waals surface area contributed by atoms with Crippen LogP contribution in [-0.2, 0) is 9.53 Å². The van der Waals surface area contributed by atoms with Gasteiger partial charge in [0.25, 0.3) is 0 Å². The number of carbonyl (C=O) groups excluding carboxylic acids is 1. The first-order valence-electron chi connectivity index (χ1n) is 6.62. The zero-order valence-corrected chi connectivity index (χ0v) is 12.8. The van der Waals surface area contributed by atoms with Gasteiger partial charge < -0.3 is 9.84 Å². The predicted octanol–water partition coefficient (Wildman–Crippen LogP) is 2.94. The zero-order valence-electron chi connectivity index (χ0n) is 12.0. The lowest BCUT2D eigenvalue weighted by atomic mass is 10.2. The zero-order chi connectivity index (χ0) is 14.6. The van der Waals surface area contributed by atoms with Crippen molar-refractivity contribution >= 4 is 23.8 Å². The largest absolute Gasteiger partial charge is 0.480 e. The molecule has 0 aromatic rings. The molecule has 0 unspecified atom stereocenters. The highest BCUT2D eigenvalue weighted by Crippen LogP contribution is 2.33. The number of carboxylic acids is 1. The Morgan fingerprint density at radius 2 is 2.05 bits per heavy atom. The van der Waals surface area contributed by atoms with Gasteiger partial charge in [-0.1, -0.05) is 19.8 Å². The molecule has 0 saturated carbocycles. The molecular weight excluding hydrogens is 266 g/mol. The van der Waals surface area contributed by atoms with E-state index in [1.54, 1.807) is 20.8 Å². The Bertz CT molecular complexity index is 340. The number of ether oxygens (including phenoxy) is 1. The number of carboxylic acid groups (broad SMARTS) is 1. The summed E-state index contributed by atoms with van der Waals surface area (Å²) in [7, 11) is 0. The second-order valence-electron chi connectivity index (χ2n) is 5.67. The Morgan fingerprint density at radius 1 is 1.42 bits per heavy atom. The van der Waals surface area contributed by atoms with Crippen LogP contribution in [-0.4, -0.2) is 44.8 Å². The van der Waals surface area contributed by atoms with Crippen molar-refractivity contribution in [2.24, 2.45) is 0 Å². The van der Waals surface area contributed by atoms with E-state index in [9.17, 15) is 14.7 Å². The molecule has 0 aromatic heterocycles. The van der Waals surface area contributed by atoms with Crippen LogP contribution >= 0.6 is 11.8 Å². The van der Waals surface area contributed by atoms with Crippen LogP contribution in [0.3, 0.4) is 0 Å². The highest BCUT2D eigenvalue weighted by atomic mass is 32.2. The summed E-state index contributed by atoms with van der Waals surface area (Å²) in [6.07, 6.45) is 2.29. The van der Waals surface area contributed by atoms with Crippen LogP contribution in [0.25, 0.3) is 0 Å². The SMILES string of the molecule is CCCC[C@H]1SC[C@@H](C(=O)O)N1C(=O)OC(C)(C)C. The molecule has 1 aliphatic rings. The van der Waals surface area contributed by atoms with E-state index in [1.165, 1.54) is 16.7 Å².